The van der Waals surface area contributed by atoms with Crippen LogP contribution < -0.4 is 5.32 Å². The van der Waals surface area contributed by atoms with Gasteiger partial charge in [-0.3, -0.25) is 9.78 Å². The molecule has 0 spiro atoms. The summed E-state index contributed by atoms with van der Waals surface area (Å²) in [7, 11) is 0. The number of nitrogens with one attached hydrogen (secondary N) is 1. The van der Waals surface area contributed by atoms with Crippen molar-refractivity contribution in [2.45, 2.75) is 39.2 Å². The van der Waals surface area contributed by atoms with Gasteiger partial charge in [0, 0.05) is 34.7 Å². The molecule has 1 N–H and O–H groups in total. The number of aromatic nitrogens is 3. The van der Waals surface area contributed by atoms with Crippen LogP contribution in [0.4, 0.5) is 4.39 Å². The Balaban J connectivity index is 1.58. The Labute approximate surface area is 179 Å². The van der Waals surface area contributed by atoms with Crippen LogP contribution in [0.2, 0.25) is 5.02 Å². The topological polar surface area (TPSA) is 67.8 Å². The smallest absolute Gasteiger partial charge is 0.224 e. The monoisotopic (exact) mass is 424 g/mol. The molecule has 154 valence electrons. The molecule has 0 unspecified atom stereocenters. The molecule has 0 aliphatic heterocycles. The van der Waals surface area contributed by atoms with Crippen molar-refractivity contribution in [3.8, 4) is 11.4 Å². The highest BCUT2D eigenvalue weighted by Crippen LogP contribution is 2.40. The van der Waals surface area contributed by atoms with Crippen molar-refractivity contribution in [2.24, 2.45) is 5.41 Å². The minimum atomic E-state index is -0.422. The molecule has 4 rings (SSSR count). The van der Waals surface area contributed by atoms with Crippen molar-refractivity contribution < 1.29 is 9.18 Å². The van der Waals surface area contributed by atoms with Gasteiger partial charge in [0.2, 0.25) is 5.91 Å². The van der Waals surface area contributed by atoms with E-state index in [2.05, 4.69) is 29.1 Å². The number of carbonyl (C=O) groups excluding carboxylic acids is 1. The van der Waals surface area contributed by atoms with E-state index in [0.717, 1.165) is 29.7 Å². The summed E-state index contributed by atoms with van der Waals surface area (Å²) in [5.74, 6) is 0.0571. The van der Waals surface area contributed by atoms with E-state index >= 15 is 0 Å². The first-order valence-corrected chi connectivity index (χ1v) is 10.2. The maximum absolute atomic E-state index is 13.3. The van der Waals surface area contributed by atoms with Gasteiger partial charge in [-0.2, -0.15) is 0 Å². The zero-order chi connectivity index (χ0) is 21.3. The van der Waals surface area contributed by atoms with Crippen LogP contribution in [0.25, 0.3) is 11.4 Å². The lowest BCUT2D eigenvalue weighted by atomic mass is 9.74. The summed E-state index contributed by atoms with van der Waals surface area (Å²) in [6.07, 6.45) is 6.90. The fourth-order valence-electron chi connectivity index (χ4n) is 3.90. The maximum atomic E-state index is 13.3. The molecule has 5 nitrogen and oxygen atoms in total. The van der Waals surface area contributed by atoms with Crippen LogP contribution in [0.3, 0.4) is 0 Å². The van der Waals surface area contributed by atoms with Crippen molar-refractivity contribution in [1.29, 1.82) is 0 Å². The van der Waals surface area contributed by atoms with Gasteiger partial charge < -0.3 is 5.32 Å². The van der Waals surface area contributed by atoms with Crippen LogP contribution in [0.1, 0.15) is 43.1 Å². The summed E-state index contributed by atoms with van der Waals surface area (Å²) in [5.41, 5.74) is 3.35. The van der Waals surface area contributed by atoms with E-state index < -0.39 is 5.82 Å². The van der Waals surface area contributed by atoms with Gasteiger partial charge in [-0.15, -0.1) is 0 Å². The van der Waals surface area contributed by atoms with Crippen LogP contribution in [-0.2, 0) is 17.6 Å². The number of halogens is 2. The van der Waals surface area contributed by atoms with Gasteiger partial charge in [-0.1, -0.05) is 31.5 Å². The summed E-state index contributed by atoms with van der Waals surface area (Å²) >= 11 is 6.07. The van der Waals surface area contributed by atoms with E-state index in [1.807, 2.05) is 18.3 Å². The lowest BCUT2D eigenvalue weighted by molar-refractivity contribution is -0.121. The first kappa shape index (κ1) is 20.4. The molecule has 1 amide bonds. The highest BCUT2D eigenvalue weighted by molar-refractivity contribution is 6.31. The number of hydrogen-bond donors (Lipinski definition) is 1. The van der Waals surface area contributed by atoms with Crippen molar-refractivity contribution in [2.75, 3.05) is 0 Å². The lowest BCUT2D eigenvalue weighted by Crippen LogP contribution is -2.37. The van der Waals surface area contributed by atoms with Crippen LogP contribution in [-0.4, -0.2) is 20.9 Å². The minimum Gasteiger partial charge on any atom is -0.349 e. The highest BCUT2D eigenvalue weighted by atomic mass is 35.5. The standard InChI is InChI=1S/C23H22ClFN4O/c1-23(2)11-19(28-21(30)9-15-3-4-16(25)10-18(15)24)17-13-27-22(29-20(17)12-23)14-5-7-26-8-6-14/h3-8,10,13,19H,9,11-12H2,1-2H3,(H,28,30)/t19-/m1/s1. The van der Waals surface area contributed by atoms with Gasteiger partial charge in [-0.05, 0) is 48.1 Å². The predicted octanol–water partition coefficient (Wildman–Crippen LogP) is 4.70. The number of benzene rings is 1. The van der Waals surface area contributed by atoms with Gasteiger partial charge in [0.1, 0.15) is 5.82 Å². The molecule has 1 aliphatic carbocycles. The van der Waals surface area contributed by atoms with Crippen molar-refractivity contribution >= 4 is 17.5 Å². The molecule has 2 aromatic heterocycles. The molecule has 0 radical (unpaired) electrons. The summed E-state index contributed by atoms with van der Waals surface area (Å²) in [6, 6.07) is 7.63. The molecule has 0 bridgehead atoms. The number of rotatable bonds is 4. The van der Waals surface area contributed by atoms with E-state index in [1.54, 1.807) is 18.5 Å². The summed E-state index contributed by atoms with van der Waals surface area (Å²) < 4.78 is 13.3. The maximum Gasteiger partial charge on any atom is 0.224 e. The quantitative estimate of drug-likeness (QED) is 0.659. The number of fused-ring (bicyclic) bond motifs is 1. The Kier molecular flexibility index (Phi) is 5.52. The largest absolute Gasteiger partial charge is 0.349 e. The Morgan fingerprint density at radius 3 is 2.77 bits per heavy atom. The molecule has 1 aromatic carbocycles. The third-order valence-electron chi connectivity index (χ3n) is 5.32. The van der Waals surface area contributed by atoms with Crippen LogP contribution >= 0.6 is 11.6 Å². The number of hydrogen-bond acceptors (Lipinski definition) is 4. The minimum absolute atomic E-state index is 0.0255. The molecule has 0 saturated heterocycles. The molecule has 7 heteroatoms. The number of amides is 1. The molecule has 0 fully saturated rings. The fraction of sp³-hybridized carbons (Fsp3) is 0.304. The first-order chi connectivity index (χ1) is 14.3. The van der Waals surface area contributed by atoms with Crippen molar-refractivity contribution in [3.05, 3.63) is 76.6 Å². The van der Waals surface area contributed by atoms with Crippen molar-refractivity contribution in [1.82, 2.24) is 20.3 Å². The van der Waals surface area contributed by atoms with Crippen molar-refractivity contribution in [3.63, 3.8) is 0 Å². The van der Waals surface area contributed by atoms with Gasteiger partial charge >= 0.3 is 0 Å². The van der Waals surface area contributed by atoms with Gasteiger partial charge in [0.05, 0.1) is 18.2 Å². The molecule has 30 heavy (non-hydrogen) atoms. The Hall–Kier alpha value is -2.86. The summed E-state index contributed by atoms with van der Waals surface area (Å²) in [5, 5.41) is 3.35. The zero-order valence-electron chi connectivity index (χ0n) is 16.8. The van der Waals surface area contributed by atoms with Crippen LogP contribution in [0, 0.1) is 11.2 Å². The average Bonchev–Trinajstić information content (AvgIpc) is 2.69. The Bertz CT molecular complexity index is 1090. The molecule has 0 saturated carbocycles. The SMILES string of the molecule is CC1(C)Cc2nc(-c3ccncc3)ncc2[C@H](NC(=O)Cc2ccc(F)cc2Cl)C1. The third-order valence-corrected chi connectivity index (χ3v) is 5.67. The van der Waals surface area contributed by atoms with E-state index in [0.29, 0.717) is 11.4 Å². The third kappa shape index (κ3) is 4.49. The van der Waals surface area contributed by atoms with E-state index in [1.165, 1.54) is 12.1 Å². The molecule has 1 aliphatic rings. The summed E-state index contributed by atoms with van der Waals surface area (Å²) in [6.45, 7) is 4.33. The molecule has 3 aromatic rings. The fourth-order valence-corrected chi connectivity index (χ4v) is 4.13. The zero-order valence-corrected chi connectivity index (χ0v) is 17.6. The van der Waals surface area contributed by atoms with E-state index in [9.17, 15) is 9.18 Å². The van der Waals surface area contributed by atoms with Gasteiger partial charge in [0.25, 0.3) is 0 Å². The van der Waals surface area contributed by atoms with Gasteiger partial charge in [0.15, 0.2) is 5.82 Å². The molecular weight excluding hydrogens is 403 g/mol. The average molecular weight is 425 g/mol. The number of nitrogens with zero attached hydrogens (tertiary/aromatic N) is 3. The molecular formula is C23H22ClFN4O. The first-order valence-electron chi connectivity index (χ1n) is 9.80. The predicted molar refractivity (Wildman–Crippen MR) is 113 cm³/mol. The number of pyridine rings is 1. The van der Waals surface area contributed by atoms with Crippen LogP contribution in [0.5, 0.6) is 0 Å². The lowest BCUT2D eigenvalue weighted by Gasteiger charge is -2.36. The van der Waals surface area contributed by atoms with Gasteiger partial charge in [-0.25, -0.2) is 14.4 Å². The van der Waals surface area contributed by atoms with E-state index in [4.69, 9.17) is 16.6 Å². The second kappa shape index (κ2) is 8.11. The Morgan fingerprint density at radius 2 is 2.03 bits per heavy atom. The Morgan fingerprint density at radius 1 is 1.27 bits per heavy atom. The number of carbonyl (C=O) groups is 1. The van der Waals surface area contributed by atoms with E-state index in [-0.39, 0.29) is 28.8 Å². The van der Waals surface area contributed by atoms with Crippen LogP contribution in [0.15, 0.2) is 48.9 Å². The second-order valence-electron chi connectivity index (χ2n) is 8.41. The highest BCUT2D eigenvalue weighted by Gasteiger charge is 2.34. The molecule has 2 heterocycles. The summed E-state index contributed by atoms with van der Waals surface area (Å²) in [4.78, 5) is 26.1. The normalized spacial score (nSPS) is 17.3. The molecule has 1 atom stereocenters. The second-order valence-corrected chi connectivity index (χ2v) is 8.82.